The maximum absolute atomic E-state index is 10.1. The molecule has 1 rings (SSSR count). The van der Waals surface area contributed by atoms with Crippen LogP contribution in [0.25, 0.3) is 0 Å². The van der Waals surface area contributed by atoms with Crippen molar-refractivity contribution in [3.63, 3.8) is 0 Å². The molecule has 0 aromatic carbocycles. The fourth-order valence-electron chi connectivity index (χ4n) is 1.82. The van der Waals surface area contributed by atoms with Crippen molar-refractivity contribution in [3.8, 4) is 6.07 Å². The molecule has 12 heavy (non-hydrogen) atoms. The fraction of sp³-hybridized carbons (Fsp3) is 0.900. The summed E-state index contributed by atoms with van der Waals surface area (Å²) in [5, 5.41) is 18.7. The van der Waals surface area contributed by atoms with Crippen LogP contribution in [0.2, 0.25) is 0 Å². The summed E-state index contributed by atoms with van der Waals surface area (Å²) in [4.78, 5) is 0. The quantitative estimate of drug-likeness (QED) is 0.649. The Balaban J connectivity index is 2.51. The van der Waals surface area contributed by atoms with E-state index in [1.807, 2.05) is 13.8 Å². The van der Waals surface area contributed by atoms with E-state index >= 15 is 0 Å². The van der Waals surface area contributed by atoms with Gasteiger partial charge in [-0.15, -0.1) is 0 Å². The van der Waals surface area contributed by atoms with Crippen LogP contribution in [0.4, 0.5) is 0 Å². The van der Waals surface area contributed by atoms with Gasteiger partial charge in [-0.1, -0.05) is 13.8 Å². The molecule has 0 spiro atoms. The Bertz CT molecular complexity index is 185. The van der Waals surface area contributed by atoms with Crippen molar-refractivity contribution in [2.45, 2.75) is 45.1 Å². The number of nitriles is 1. The topological polar surface area (TPSA) is 44.0 Å². The first-order valence-corrected chi connectivity index (χ1v) is 4.70. The molecular formula is C10H17NO. The average Bonchev–Trinajstić information content (AvgIpc) is 2.06. The molecule has 1 N–H and O–H groups in total. The molecule has 2 heteroatoms. The van der Waals surface area contributed by atoms with Crippen molar-refractivity contribution in [1.29, 1.82) is 5.26 Å². The van der Waals surface area contributed by atoms with Gasteiger partial charge < -0.3 is 5.11 Å². The molecule has 2 nitrogen and oxygen atoms in total. The van der Waals surface area contributed by atoms with Crippen molar-refractivity contribution < 1.29 is 5.11 Å². The summed E-state index contributed by atoms with van der Waals surface area (Å²) in [6.07, 6.45) is 3.32. The first-order valence-electron chi connectivity index (χ1n) is 4.70. The Hall–Kier alpha value is -0.550. The summed E-state index contributed by atoms with van der Waals surface area (Å²) < 4.78 is 0. The predicted octanol–water partition coefficient (Wildman–Crippen LogP) is 2.09. The van der Waals surface area contributed by atoms with Crippen molar-refractivity contribution in [1.82, 2.24) is 0 Å². The minimum Gasteiger partial charge on any atom is -0.390 e. The van der Waals surface area contributed by atoms with Crippen molar-refractivity contribution >= 4 is 0 Å². The zero-order valence-electron chi connectivity index (χ0n) is 7.88. The van der Waals surface area contributed by atoms with Crippen LogP contribution in [0.15, 0.2) is 0 Å². The molecule has 1 saturated carbocycles. The zero-order valence-corrected chi connectivity index (χ0v) is 7.88. The van der Waals surface area contributed by atoms with Crippen LogP contribution < -0.4 is 0 Å². The van der Waals surface area contributed by atoms with Crippen LogP contribution in [0.1, 0.15) is 39.5 Å². The highest BCUT2D eigenvalue weighted by atomic mass is 16.3. The lowest BCUT2D eigenvalue weighted by Crippen LogP contribution is -2.38. The standard InChI is InChI=1S/C10H17NO/c1-8(2)10(12)5-3-9(7-11)4-6-10/h8-9,12H,3-6H2,1-2H3/t9-,10+. The maximum Gasteiger partial charge on any atom is 0.0671 e. The van der Waals surface area contributed by atoms with Crippen LogP contribution in [0.3, 0.4) is 0 Å². The highest BCUT2D eigenvalue weighted by Gasteiger charge is 2.35. The summed E-state index contributed by atoms with van der Waals surface area (Å²) in [6.45, 7) is 4.10. The van der Waals surface area contributed by atoms with Gasteiger partial charge in [-0.25, -0.2) is 0 Å². The Morgan fingerprint density at radius 3 is 2.25 bits per heavy atom. The Kier molecular flexibility index (Phi) is 2.74. The smallest absolute Gasteiger partial charge is 0.0671 e. The molecule has 0 saturated heterocycles. The largest absolute Gasteiger partial charge is 0.390 e. The molecule has 0 amide bonds. The number of nitrogens with zero attached hydrogens (tertiary/aromatic N) is 1. The van der Waals surface area contributed by atoms with Gasteiger partial charge in [-0.2, -0.15) is 5.26 Å². The Morgan fingerprint density at radius 1 is 1.42 bits per heavy atom. The van der Waals surface area contributed by atoms with Crippen LogP contribution in [-0.2, 0) is 0 Å². The van der Waals surface area contributed by atoms with E-state index in [2.05, 4.69) is 6.07 Å². The number of rotatable bonds is 1. The number of hydrogen-bond acceptors (Lipinski definition) is 2. The molecular weight excluding hydrogens is 150 g/mol. The minimum absolute atomic E-state index is 0.184. The predicted molar refractivity (Wildman–Crippen MR) is 47.4 cm³/mol. The van der Waals surface area contributed by atoms with E-state index in [0.29, 0.717) is 5.92 Å². The lowest BCUT2D eigenvalue weighted by Gasteiger charge is -2.37. The minimum atomic E-state index is -0.493. The molecule has 0 aliphatic heterocycles. The number of hydrogen-bond donors (Lipinski definition) is 1. The molecule has 0 aromatic rings. The lowest BCUT2D eigenvalue weighted by molar-refractivity contribution is -0.0429. The van der Waals surface area contributed by atoms with Crippen molar-refractivity contribution in [2.75, 3.05) is 0 Å². The van der Waals surface area contributed by atoms with E-state index in [9.17, 15) is 5.11 Å². The summed E-state index contributed by atoms with van der Waals surface area (Å²) >= 11 is 0. The second-order valence-electron chi connectivity index (χ2n) is 4.16. The monoisotopic (exact) mass is 167 g/mol. The normalized spacial score (nSPS) is 36.4. The van der Waals surface area contributed by atoms with Crippen molar-refractivity contribution in [3.05, 3.63) is 0 Å². The van der Waals surface area contributed by atoms with Crippen LogP contribution in [-0.4, -0.2) is 10.7 Å². The summed E-state index contributed by atoms with van der Waals surface area (Å²) in [5.41, 5.74) is -0.493. The molecule has 68 valence electrons. The van der Waals surface area contributed by atoms with Crippen LogP contribution in [0.5, 0.6) is 0 Å². The van der Waals surface area contributed by atoms with Gasteiger partial charge in [0, 0.05) is 5.92 Å². The van der Waals surface area contributed by atoms with Gasteiger partial charge in [0.15, 0.2) is 0 Å². The Labute approximate surface area is 74.2 Å². The Morgan fingerprint density at radius 2 is 1.92 bits per heavy atom. The van der Waals surface area contributed by atoms with Gasteiger partial charge in [0.2, 0.25) is 0 Å². The van der Waals surface area contributed by atoms with Gasteiger partial charge in [0.25, 0.3) is 0 Å². The molecule has 0 aromatic heterocycles. The first kappa shape index (κ1) is 9.54. The SMILES string of the molecule is CC(C)[C@]1(O)CC[C@@H](C#N)CC1. The third kappa shape index (κ3) is 1.78. The molecule has 1 aliphatic carbocycles. The second-order valence-corrected chi connectivity index (χ2v) is 4.16. The molecule has 0 atom stereocenters. The van der Waals surface area contributed by atoms with Crippen LogP contribution >= 0.6 is 0 Å². The third-order valence-corrected chi connectivity index (χ3v) is 3.11. The molecule has 0 radical (unpaired) electrons. The molecule has 1 fully saturated rings. The van der Waals surface area contributed by atoms with Gasteiger partial charge >= 0.3 is 0 Å². The van der Waals surface area contributed by atoms with E-state index in [1.54, 1.807) is 0 Å². The number of aliphatic hydroxyl groups is 1. The molecule has 0 heterocycles. The summed E-state index contributed by atoms with van der Waals surface area (Å²) in [6, 6.07) is 2.27. The van der Waals surface area contributed by atoms with Gasteiger partial charge in [0.05, 0.1) is 11.7 Å². The maximum atomic E-state index is 10.1. The van der Waals surface area contributed by atoms with E-state index < -0.39 is 5.60 Å². The second kappa shape index (κ2) is 3.45. The average molecular weight is 167 g/mol. The van der Waals surface area contributed by atoms with Gasteiger partial charge in [0.1, 0.15) is 0 Å². The van der Waals surface area contributed by atoms with Gasteiger partial charge in [-0.3, -0.25) is 0 Å². The van der Waals surface area contributed by atoms with E-state index in [4.69, 9.17) is 5.26 Å². The summed E-state index contributed by atoms with van der Waals surface area (Å²) in [5.74, 6) is 0.501. The molecule has 0 bridgehead atoms. The highest BCUT2D eigenvalue weighted by Crippen LogP contribution is 2.36. The highest BCUT2D eigenvalue weighted by molar-refractivity contribution is 4.94. The third-order valence-electron chi connectivity index (χ3n) is 3.11. The van der Waals surface area contributed by atoms with Gasteiger partial charge in [-0.05, 0) is 31.6 Å². The first-order chi connectivity index (χ1) is 5.58. The van der Waals surface area contributed by atoms with Crippen LogP contribution in [0, 0.1) is 23.2 Å². The van der Waals surface area contributed by atoms with E-state index in [0.717, 1.165) is 25.7 Å². The lowest BCUT2D eigenvalue weighted by atomic mass is 9.74. The molecule has 0 unspecified atom stereocenters. The fourth-order valence-corrected chi connectivity index (χ4v) is 1.82. The zero-order chi connectivity index (χ0) is 9.19. The van der Waals surface area contributed by atoms with E-state index in [1.165, 1.54) is 0 Å². The van der Waals surface area contributed by atoms with Crippen molar-refractivity contribution in [2.24, 2.45) is 11.8 Å². The summed E-state index contributed by atoms with van der Waals surface area (Å²) in [7, 11) is 0. The molecule has 1 aliphatic rings. The van der Waals surface area contributed by atoms with E-state index in [-0.39, 0.29) is 5.92 Å².